The first kappa shape index (κ1) is 15.9. The first-order chi connectivity index (χ1) is 9.63. The summed E-state index contributed by atoms with van der Waals surface area (Å²) in [6.45, 7) is 5.15. The van der Waals surface area contributed by atoms with Gasteiger partial charge in [-0.25, -0.2) is 0 Å². The molecule has 2 atom stereocenters. The van der Waals surface area contributed by atoms with Crippen molar-refractivity contribution in [1.29, 1.82) is 0 Å². The minimum atomic E-state index is 0.0970. The van der Waals surface area contributed by atoms with Crippen molar-refractivity contribution in [3.05, 3.63) is 16.4 Å². The van der Waals surface area contributed by atoms with E-state index in [2.05, 4.69) is 40.3 Å². The fourth-order valence-electron chi connectivity index (χ4n) is 2.77. The third-order valence-electron chi connectivity index (χ3n) is 3.86. The molecule has 2 heterocycles. The Morgan fingerprint density at radius 1 is 1.55 bits per heavy atom. The Morgan fingerprint density at radius 2 is 2.35 bits per heavy atom. The van der Waals surface area contributed by atoms with E-state index in [1.54, 1.807) is 0 Å². The van der Waals surface area contributed by atoms with Gasteiger partial charge in [-0.1, -0.05) is 0 Å². The van der Waals surface area contributed by atoms with Crippen LogP contribution in [0.4, 0.5) is 0 Å². The Balaban J connectivity index is 2.02. The summed E-state index contributed by atoms with van der Waals surface area (Å²) >= 11 is 3.58. The third kappa shape index (κ3) is 3.81. The van der Waals surface area contributed by atoms with Gasteiger partial charge in [0.2, 0.25) is 0 Å². The molecule has 1 aliphatic rings. The van der Waals surface area contributed by atoms with Crippen molar-refractivity contribution in [2.45, 2.75) is 64.1 Å². The number of halogens is 1. The smallest absolute Gasteiger partial charge is 0.0712 e. The van der Waals surface area contributed by atoms with E-state index in [-0.39, 0.29) is 6.04 Å². The molecule has 1 aromatic rings. The standard InChI is InChI=1S/C14H25BrN4O/c1-10(2)19-14(12(15)9-17-19)13(18-16)7-6-11-5-3-4-8-20-11/h9-11,13,18H,3-8,16H2,1-2H3. The lowest BCUT2D eigenvalue weighted by Crippen LogP contribution is -2.32. The molecule has 0 spiro atoms. The molecule has 1 saturated heterocycles. The molecule has 2 unspecified atom stereocenters. The predicted octanol–water partition coefficient (Wildman–Crippen LogP) is 3.08. The second kappa shape index (κ2) is 7.54. The summed E-state index contributed by atoms with van der Waals surface area (Å²) < 4.78 is 8.83. The van der Waals surface area contributed by atoms with E-state index in [9.17, 15) is 0 Å². The molecule has 0 aromatic carbocycles. The minimum absolute atomic E-state index is 0.0970. The molecule has 20 heavy (non-hydrogen) atoms. The van der Waals surface area contributed by atoms with E-state index >= 15 is 0 Å². The molecule has 2 rings (SSSR count). The van der Waals surface area contributed by atoms with Gasteiger partial charge in [-0.3, -0.25) is 16.0 Å². The van der Waals surface area contributed by atoms with Crippen LogP contribution in [0.15, 0.2) is 10.7 Å². The maximum atomic E-state index is 5.80. The molecule has 1 aliphatic heterocycles. The van der Waals surface area contributed by atoms with Gasteiger partial charge in [-0.2, -0.15) is 5.10 Å². The number of hydrogen-bond donors (Lipinski definition) is 2. The average molecular weight is 345 g/mol. The highest BCUT2D eigenvalue weighted by atomic mass is 79.9. The van der Waals surface area contributed by atoms with Crippen molar-refractivity contribution in [3.63, 3.8) is 0 Å². The average Bonchev–Trinajstić information content (AvgIpc) is 2.83. The van der Waals surface area contributed by atoms with Crippen LogP contribution in [-0.4, -0.2) is 22.5 Å². The Labute approximate surface area is 129 Å². The van der Waals surface area contributed by atoms with Gasteiger partial charge in [0.1, 0.15) is 0 Å². The zero-order valence-electron chi connectivity index (χ0n) is 12.3. The summed E-state index contributed by atoms with van der Waals surface area (Å²) in [5.74, 6) is 5.76. The molecule has 3 N–H and O–H groups in total. The fourth-order valence-corrected chi connectivity index (χ4v) is 3.32. The predicted molar refractivity (Wildman–Crippen MR) is 83.2 cm³/mol. The van der Waals surface area contributed by atoms with Crippen LogP contribution in [0.2, 0.25) is 0 Å². The lowest BCUT2D eigenvalue weighted by molar-refractivity contribution is 0.00838. The SMILES string of the molecule is CC(C)n1ncc(Br)c1C(CCC1CCCCO1)NN. The van der Waals surface area contributed by atoms with Crippen molar-refractivity contribution in [2.24, 2.45) is 5.84 Å². The molecule has 0 amide bonds. The van der Waals surface area contributed by atoms with E-state index in [1.165, 1.54) is 19.3 Å². The highest BCUT2D eigenvalue weighted by molar-refractivity contribution is 9.10. The van der Waals surface area contributed by atoms with Crippen molar-refractivity contribution in [2.75, 3.05) is 6.61 Å². The summed E-state index contributed by atoms with van der Waals surface area (Å²) in [6, 6.07) is 0.415. The zero-order chi connectivity index (χ0) is 14.5. The van der Waals surface area contributed by atoms with Crippen LogP contribution < -0.4 is 11.3 Å². The lowest BCUT2D eigenvalue weighted by atomic mass is 10.0. The molecule has 6 heteroatoms. The number of nitrogens with one attached hydrogen (secondary N) is 1. The van der Waals surface area contributed by atoms with Gasteiger partial charge in [0.05, 0.1) is 28.5 Å². The Hall–Kier alpha value is -0.430. The van der Waals surface area contributed by atoms with Crippen molar-refractivity contribution in [1.82, 2.24) is 15.2 Å². The number of nitrogens with two attached hydrogens (primary N) is 1. The van der Waals surface area contributed by atoms with Crippen LogP contribution >= 0.6 is 15.9 Å². The molecular weight excluding hydrogens is 320 g/mol. The second-order valence-electron chi connectivity index (χ2n) is 5.70. The van der Waals surface area contributed by atoms with E-state index in [0.29, 0.717) is 12.1 Å². The van der Waals surface area contributed by atoms with Crippen LogP contribution in [0.3, 0.4) is 0 Å². The molecular formula is C14H25BrN4O. The van der Waals surface area contributed by atoms with Gasteiger partial charge in [0.25, 0.3) is 0 Å². The summed E-state index contributed by atoms with van der Waals surface area (Å²) in [5, 5.41) is 4.42. The molecule has 5 nitrogen and oxygen atoms in total. The van der Waals surface area contributed by atoms with Crippen molar-refractivity contribution < 1.29 is 4.74 Å². The topological polar surface area (TPSA) is 65.1 Å². The Bertz CT molecular complexity index is 415. The van der Waals surface area contributed by atoms with Crippen LogP contribution in [0.5, 0.6) is 0 Å². The van der Waals surface area contributed by atoms with E-state index < -0.39 is 0 Å². The Morgan fingerprint density at radius 3 is 2.95 bits per heavy atom. The Kier molecular flexibility index (Phi) is 6.01. The van der Waals surface area contributed by atoms with E-state index in [0.717, 1.165) is 29.6 Å². The first-order valence-corrected chi connectivity index (χ1v) is 8.23. The fraction of sp³-hybridized carbons (Fsp3) is 0.786. The van der Waals surface area contributed by atoms with Crippen LogP contribution in [0.1, 0.15) is 63.7 Å². The lowest BCUT2D eigenvalue weighted by Gasteiger charge is -2.25. The number of hydrazine groups is 1. The van der Waals surface area contributed by atoms with E-state index in [4.69, 9.17) is 10.6 Å². The normalized spacial score (nSPS) is 21.4. The maximum absolute atomic E-state index is 5.80. The van der Waals surface area contributed by atoms with Gasteiger partial charge < -0.3 is 4.74 Å². The summed E-state index contributed by atoms with van der Waals surface area (Å²) in [4.78, 5) is 0. The molecule has 114 valence electrons. The summed E-state index contributed by atoms with van der Waals surface area (Å²) in [7, 11) is 0. The minimum Gasteiger partial charge on any atom is -0.378 e. The molecule has 1 fully saturated rings. The maximum Gasteiger partial charge on any atom is 0.0712 e. The zero-order valence-corrected chi connectivity index (χ0v) is 13.9. The molecule has 0 aliphatic carbocycles. The quantitative estimate of drug-likeness (QED) is 0.614. The summed E-state index contributed by atoms with van der Waals surface area (Å²) in [5.41, 5.74) is 4.06. The van der Waals surface area contributed by atoms with Crippen LogP contribution in [0.25, 0.3) is 0 Å². The van der Waals surface area contributed by atoms with Gasteiger partial charge in [0.15, 0.2) is 0 Å². The van der Waals surface area contributed by atoms with Gasteiger partial charge in [-0.05, 0) is 61.9 Å². The van der Waals surface area contributed by atoms with Crippen molar-refractivity contribution in [3.8, 4) is 0 Å². The second-order valence-corrected chi connectivity index (χ2v) is 6.56. The largest absolute Gasteiger partial charge is 0.378 e. The van der Waals surface area contributed by atoms with Gasteiger partial charge >= 0.3 is 0 Å². The van der Waals surface area contributed by atoms with Crippen molar-refractivity contribution >= 4 is 15.9 Å². The molecule has 0 bridgehead atoms. The summed E-state index contributed by atoms with van der Waals surface area (Å²) in [6.07, 6.45) is 7.86. The number of ether oxygens (including phenoxy) is 1. The molecule has 0 saturated carbocycles. The van der Waals surface area contributed by atoms with Crippen LogP contribution in [-0.2, 0) is 4.74 Å². The van der Waals surface area contributed by atoms with Crippen LogP contribution in [0, 0.1) is 0 Å². The highest BCUT2D eigenvalue weighted by Crippen LogP contribution is 2.29. The number of hydrogen-bond acceptors (Lipinski definition) is 4. The third-order valence-corrected chi connectivity index (χ3v) is 4.47. The van der Waals surface area contributed by atoms with E-state index in [1.807, 2.05) is 10.9 Å². The molecule has 0 radical (unpaired) electrons. The first-order valence-electron chi connectivity index (χ1n) is 7.44. The number of nitrogens with zero attached hydrogens (tertiary/aromatic N) is 2. The highest BCUT2D eigenvalue weighted by Gasteiger charge is 2.22. The van der Waals surface area contributed by atoms with Gasteiger partial charge in [-0.15, -0.1) is 0 Å². The monoisotopic (exact) mass is 344 g/mol. The van der Waals surface area contributed by atoms with Gasteiger partial charge in [0, 0.05) is 12.6 Å². The molecule has 1 aromatic heterocycles. The number of rotatable bonds is 6. The number of aromatic nitrogens is 2.